The summed E-state index contributed by atoms with van der Waals surface area (Å²) in [6, 6.07) is 8.33. The first-order valence-corrected chi connectivity index (χ1v) is 7.43. The van der Waals surface area contributed by atoms with Crippen LogP contribution in [0.2, 0.25) is 0 Å². The smallest absolute Gasteiger partial charge is 0.309 e. The van der Waals surface area contributed by atoms with Crippen LogP contribution in [0.5, 0.6) is 0 Å². The van der Waals surface area contributed by atoms with Gasteiger partial charge >= 0.3 is 5.97 Å². The lowest BCUT2D eigenvalue weighted by atomic mass is 9.75. The van der Waals surface area contributed by atoms with E-state index in [2.05, 4.69) is 28.1 Å². The van der Waals surface area contributed by atoms with Crippen molar-refractivity contribution in [3.63, 3.8) is 0 Å². The lowest BCUT2D eigenvalue weighted by Gasteiger charge is -2.30. The third kappa shape index (κ3) is 3.14. The van der Waals surface area contributed by atoms with Crippen molar-refractivity contribution >= 4 is 21.9 Å². The summed E-state index contributed by atoms with van der Waals surface area (Å²) < 4.78 is 6.29. The average molecular weight is 311 g/mol. The van der Waals surface area contributed by atoms with Gasteiger partial charge in [0.25, 0.3) is 0 Å². The molecule has 1 aliphatic rings. The molecule has 1 saturated carbocycles. The second-order valence-corrected chi connectivity index (χ2v) is 5.72. The minimum absolute atomic E-state index is 0.0230. The monoisotopic (exact) mass is 310 g/mol. The summed E-state index contributed by atoms with van der Waals surface area (Å²) in [5.74, 6) is 0.343. The topological polar surface area (TPSA) is 26.3 Å². The van der Waals surface area contributed by atoms with Crippen molar-refractivity contribution in [3.8, 4) is 0 Å². The molecule has 0 radical (unpaired) electrons. The number of rotatable bonds is 3. The molecule has 0 saturated heterocycles. The normalized spacial score (nSPS) is 23.7. The summed E-state index contributed by atoms with van der Waals surface area (Å²) in [5, 5.41) is 0. The summed E-state index contributed by atoms with van der Waals surface area (Å²) in [4.78, 5) is 12.0. The lowest BCUT2D eigenvalue weighted by Crippen LogP contribution is -2.27. The lowest BCUT2D eigenvalue weighted by molar-refractivity contribution is -0.149. The molecular weight excluding hydrogens is 292 g/mol. The van der Waals surface area contributed by atoms with Crippen molar-refractivity contribution in [1.82, 2.24) is 0 Å². The summed E-state index contributed by atoms with van der Waals surface area (Å²) in [6.07, 6.45) is 4.39. The molecule has 0 spiro atoms. The predicted octanol–water partition coefficient (Wildman–Crippen LogP) is 4.29. The Bertz CT molecular complexity index is 399. The number of benzene rings is 1. The molecule has 2 rings (SSSR count). The van der Waals surface area contributed by atoms with Gasteiger partial charge in [-0.15, -0.1) is 0 Å². The molecule has 1 fully saturated rings. The summed E-state index contributed by atoms with van der Waals surface area (Å²) in [5.41, 5.74) is 1.26. The Morgan fingerprint density at radius 2 is 1.94 bits per heavy atom. The van der Waals surface area contributed by atoms with Crippen LogP contribution in [0.15, 0.2) is 28.7 Å². The molecule has 2 atom stereocenters. The fourth-order valence-corrected chi connectivity index (χ4v) is 3.04. The zero-order valence-corrected chi connectivity index (χ0v) is 12.3. The van der Waals surface area contributed by atoms with Crippen LogP contribution in [0.25, 0.3) is 0 Å². The van der Waals surface area contributed by atoms with Gasteiger partial charge in [0, 0.05) is 4.47 Å². The van der Waals surface area contributed by atoms with Crippen LogP contribution in [0.4, 0.5) is 0 Å². The van der Waals surface area contributed by atoms with Crippen molar-refractivity contribution < 1.29 is 9.53 Å². The van der Waals surface area contributed by atoms with Gasteiger partial charge in [-0.3, -0.25) is 4.79 Å². The van der Waals surface area contributed by atoms with Gasteiger partial charge in [-0.25, -0.2) is 0 Å². The predicted molar refractivity (Wildman–Crippen MR) is 75.5 cm³/mol. The number of carbonyl (C=O) groups excluding carboxylic acids is 1. The molecule has 1 aromatic rings. The van der Waals surface area contributed by atoms with Crippen LogP contribution in [-0.4, -0.2) is 12.6 Å². The molecule has 0 N–H and O–H groups in total. The highest BCUT2D eigenvalue weighted by Gasteiger charge is 2.32. The fourth-order valence-electron chi connectivity index (χ4n) is 2.77. The SMILES string of the molecule is CCOC(=O)[C@@H]1CCCC[C@H]1c1ccc(Br)cc1. The van der Waals surface area contributed by atoms with E-state index in [-0.39, 0.29) is 11.9 Å². The molecule has 1 aliphatic carbocycles. The number of hydrogen-bond acceptors (Lipinski definition) is 2. The van der Waals surface area contributed by atoms with E-state index in [1.807, 2.05) is 19.1 Å². The van der Waals surface area contributed by atoms with Gasteiger partial charge in [-0.1, -0.05) is 40.9 Å². The second-order valence-electron chi connectivity index (χ2n) is 4.80. The Hall–Kier alpha value is -0.830. The molecule has 18 heavy (non-hydrogen) atoms. The van der Waals surface area contributed by atoms with Gasteiger partial charge in [0.15, 0.2) is 0 Å². The van der Waals surface area contributed by atoms with Crippen molar-refractivity contribution in [3.05, 3.63) is 34.3 Å². The molecular formula is C15H19BrO2. The van der Waals surface area contributed by atoms with E-state index in [4.69, 9.17) is 4.74 Å². The molecule has 98 valence electrons. The summed E-state index contributed by atoms with van der Waals surface area (Å²) in [7, 11) is 0. The quantitative estimate of drug-likeness (QED) is 0.779. The zero-order chi connectivity index (χ0) is 13.0. The maximum Gasteiger partial charge on any atom is 0.309 e. The van der Waals surface area contributed by atoms with Crippen LogP contribution in [0.3, 0.4) is 0 Å². The third-order valence-corrected chi connectivity index (χ3v) is 4.18. The minimum Gasteiger partial charge on any atom is -0.466 e. The number of esters is 1. The summed E-state index contributed by atoms with van der Waals surface area (Å²) in [6.45, 7) is 2.34. The van der Waals surface area contributed by atoms with E-state index >= 15 is 0 Å². The molecule has 0 heterocycles. The van der Waals surface area contributed by atoms with E-state index in [0.717, 1.165) is 23.7 Å². The molecule has 2 nitrogen and oxygen atoms in total. The van der Waals surface area contributed by atoms with E-state index < -0.39 is 0 Å². The number of hydrogen-bond donors (Lipinski definition) is 0. The summed E-state index contributed by atoms with van der Waals surface area (Å²) >= 11 is 3.45. The Kier molecular flexibility index (Phi) is 4.81. The van der Waals surface area contributed by atoms with E-state index in [0.29, 0.717) is 12.5 Å². The van der Waals surface area contributed by atoms with Crippen LogP contribution in [0, 0.1) is 5.92 Å². The highest BCUT2D eigenvalue weighted by Crippen LogP contribution is 2.38. The largest absolute Gasteiger partial charge is 0.466 e. The highest BCUT2D eigenvalue weighted by atomic mass is 79.9. The van der Waals surface area contributed by atoms with Gasteiger partial charge in [0.1, 0.15) is 0 Å². The standard InChI is InChI=1S/C15H19BrO2/c1-2-18-15(17)14-6-4-3-5-13(14)11-7-9-12(16)10-8-11/h7-10,13-14H,2-6H2,1H3/t13-,14+/m0/s1. The molecule has 3 heteroatoms. The Labute approximate surface area is 117 Å². The minimum atomic E-state index is -0.0230. The van der Waals surface area contributed by atoms with E-state index in [1.165, 1.54) is 12.0 Å². The van der Waals surface area contributed by atoms with Crippen molar-refractivity contribution in [2.24, 2.45) is 5.92 Å². The third-order valence-electron chi connectivity index (χ3n) is 3.65. The maximum absolute atomic E-state index is 12.0. The first-order valence-electron chi connectivity index (χ1n) is 6.64. The van der Waals surface area contributed by atoms with Gasteiger partial charge in [-0.2, -0.15) is 0 Å². The van der Waals surface area contributed by atoms with Crippen molar-refractivity contribution in [2.75, 3.05) is 6.61 Å². The van der Waals surface area contributed by atoms with Gasteiger partial charge in [0.2, 0.25) is 0 Å². The molecule has 0 aromatic heterocycles. The van der Waals surface area contributed by atoms with Crippen LogP contribution in [-0.2, 0) is 9.53 Å². The highest BCUT2D eigenvalue weighted by molar-refractivity contribution is 9.10. The Morgan fingerprint density at radius 3 is 2.61 bits per heavy atom. The van der Waals surface area contributed by atoms with Gasteiger partial charge < -0.3 is 4.74 Å². The fraction of sp³-hybridized carbons (Fsp3) is 0.533. The maximum atomic E-state index is 12.0. The van der Waals surface area contributed by atoms with Crippen LogP contribution >= 0.6 is 15.9 Å². The van der Waals surface area contributed by atoms with Crippen LogP contribution < -0.4 is 0 Å². The Balaban J connectivity index is 2.17. The molecule has 0 aliphatic heterocycles. The van der Waals surface area contributed by atoms with Crippen LogP contribution in [0.1, 0.15) is 44.1 Å². The molecule has 0 amide bonds. The number of ether oxygens (including phenoxy) is 1. The molecule has 1 aromatic carbocycles. The van der Waals surface area contributed by atoms with E-state index in [9.17, 15) is 4.79 Å². The number of halogens is 1. The zero-order valence-electron chi connectivity index (χ0n) is 10.7. The van der Waals surface area contributed by atoms with Crippen molar-refractivity contribution in [2.45, 2.75) is 38.5 Å². The second kappa shape index (κ2) is 6.37. The Morgan fingerprint density at radius 1 is 1.28 bits per heavy atom. The van der Waals surface area contributed by atoms with Gasteiger partial charge in [-0.05, 0) is 43.4 Å². The average Bonchev–Trinajstić information content (AvgIpc) is 2.40. The molecule has 0 bridgehead atoms. The first kappa shape index (κ1) is 13.6. The van der Waals surface area contributed by atoms with E-state index in [1.54, 1.807) is 0 Å². The molecule has 0 unspecified atom stereocenters. The van der Waals surface area contributed by atoms with Gasteiger partial charge in [0.05, 0.1) is 12.5 Å². The van der Waals surface area contributed by atoms with Crippen molar-refractivity contribution in [1.29, 1.82) is 0 Å². The number of carbonyl (C=O) groups is 1. The first-order chi connectivity index (χ1) is 8.72.